The molecular weight excluding hydrogens is 396 g/mol. The number of nitrogens with one attached hydrogen (secondary N) is 1. The lowest BCUT2D eigenvalue weighted by molar-refractivity contribution is -0.929. The van der Waals surface area contributed by atoms with Gasteiger partial charge in [0.2, 0.25) is 0 Å². The summed E-state index contributed by atoms with van der Waals surface area (Å²) in [6.45, 7) is 7.49. The number of fused-ring (bicyclic) bond motifs is 1. The van der Waals surface area contributed by atoms with Crippen LogP contribution in [0.4, 0.5) is 0 Å². The number of carbonyl (C=O) groups is 1. The number of piperazine rings is 1. The van der Waals surface area contributed by atoms with Crippen LogP contribution in [0.25, 0.3) is 0 Å². The molecule has 0 atom stereocenters. The van der Waals surface area contributed by atoms with Crippen molar-refractivity contribution >= 4 is 5.91 Å². The van der Waals surface area contributed by atoms with Crippen molar-refractivity contribution in [3.8, 4) is 5.75 Å². The van der Waals surface area contributed by atoms with Crippen LogP contribution in [0.2, 0.25) is 0 Å². The Morgan fingerprint density at radius 1 is 0.875 bits per heavy atom. The van der Waals surface area contributed by atoms with E-state index >= 15 is 0 Å². The maximum atomic E-state index is 13.4. The lowest BCUT2D eigenvalue weighted by Crippen LogP contribution is -3.15. The second kappa shape index (κ2) is 8.44. The number of benzene rings is 3. The van der Waals surface area contributed by atoms with Crippen molar-refractivity contribution in [1.82, 2.24) is 4.90 Å². The molecule has 3 aromatic rings. The zero-order valence-corrected chi connectivity index (χ0v) is 18.9. The fourth-order valence-electron chi connectivity index (χ4n) is 5.19. The fraction of sp³-hybridized carbons (Fsp3) is 0.321. The van der Waals surface area contributed by atoms with Gasteiger partial charge < -0.3 is 14.5 Å². The van der Waals surface area contributed by atoms with Gasteiger partial charge in [0.1, 0.15) is 17.4 Å². The SMILES string of the molecule is CC1(C)Cc2cccc(C(=O)N3CC[NH+](C(c4ccccc4)c4ccccc4)CC3)c2O1. The molecule has 0 aromatic heterocycles. The minimum Gasteiger partial charge on any atom is -0.486 e. The van der Waals surface area contributed by atoms with E-state index in [4.69, 9.17) is 4.74 Å². The van der Waals surface area contributed by atoms with Crippen molar-refractivity contribution in [3.05, 3.63) is 101 Å². The molecule has 4 nitrogen and oxygen atoms in total. The first-order valence-corrected chi connectivity index (χ1v) is 11.6. The van der Waals surface area contributed by atoms with Crippen LogP contribution in [0.5, 0.6) is 5.75 Å². The summed E-state index contributed by atoms with van der Waals surface area (Å²) in [6.07, 6.45) is 0.844. The normalized spacial score (nSPS) is 17.8. The van der Waals surface area contributed by atoms with E-state index in [9.17, 15) is 4.79 Å². The first kappa shape index (κ1) is 20.8. The average molecular weight is 428 g/mol. The third-order valence-corrected chi connectivity index (χ3v) is 6.69. The minimum atomic E-state index is -0.250. The Hall–Kier alpha value is -3.11. The largest absolute Gasteiger partial charge is 0.486 e. The Morgan fingerprint density at radius 3 is 2.06 bits per heavy atom. The van der Waals surface area contributed by atoms with E-state index in [1.807, 2.05) is 17.0 Å². The Labute approximate surface area is 190 Å². The summed E-state index contributed by atoms with van der Waals surface area (Å²) >= 11 is 0. The summed E-state index contributed by atoms with van der Waals surface area (Å²) in [6, 6.07) is 27.7. The number of carbonyl (C=O) groups excluding carboxylic acids is 1. The Balaban J connectivity index is 1.34. The topological polar surface area (TPSA) is 34.0 Å². The average Bonchev–Trinajstić information content (AvgIpc) is 3.14. The van der Waals surface area contributed by atoms with E-state index in [1.54, 1.807) is 0 Å². The van der Waals surface area contributed by atoms with E-state index in [0.29, 0.717) is 5.56 Å². The zero-order valence-electron chi connectivity index (χ0n) is 18.9. The van der Waals surface area contributed by atoms with Gasteiger partial charge >= 0.3 is 0 Å². The van der Waals surface area contributed by atoms with Crippen LogP contribution >= 0.6 is 0 Å². The molecule has 3 aromatic carbocycles. The highest BCUT2D eigenvalue weighted by Crippen LogP contribution is 2.38. The van der Waals surface area contributed by atoms with Gasteiger partial charge in [0.15, 0.2) is 0 Å². The Morgan fingerprint density at radius 2 is 1.47 bits per heavy atom. The van der Waals surface area contributed by atoms with Gasteiger partial charge in [0.25, 0.3) is 5.91 Å². The number of hydrogen-bond donors (Lipinski definition) is 1. The third kappa shape index (κ3) is 4.03. The quantitative estimate of drug-likeness (QED) is 0.691. The van der Waals surface area contributed by atoms with Gasteiger partial charge in [-0.25, -0.2) is 0 Å². The summed E-state index contributed by atoms with van der Waals surface area (Å²) in [7, 11) is 0. The predicted molar refractivity (Wildman–Crippen MR) is 126 cm³/mol. The zero-order chi connectivity index (χ0) is 22.1. The molecule has 2 aliphatic rings. The van der Waals surface area contributed by atoms with Crippen LogP contribution in [0.3, 0.4) is 0 Å². The van der Waals surface area contributed by atoms with Gasteiger partial charge in [0.05, 0.1) is 31.7 Å². The Kier molecular flexibility index (Phi) is 5.48. The molecule has 0 aliphatic carbocycles. The molecule has 4 heteroatoms. The van der Waals surface area contributed by atoms with E-state index < -0.39 is 0 Å². The number of ether oxygens (including phenoxy) is 1. The van der Waals surface area contributed by atoms with E-state index in [-0.39, 0.29) is 17.6 Å². The van der Waals surface area contributed by atoms with Crippen LogP contribution in [-0.4, -0.2) is 42.6 Å². The number of amides is 1. The Bertz CT molecular complexity index is 1050. The molecule has 0 radical (unpaired) electrons. The summed E-state index contributed by atoms with van der Waals surface area (Å²) in [4.78, 5) is 16.9. The van der Waals surface area contributed by atoms with Crippen LogP contribution < -0.4 is 9.64 Å². The molecule has 0 unspecified atom stereocenters. The highest BCUT2D eigenvalue weighted by atomic mass is 16.5. The van der Waals surface area contributed by atoms with Gasteiger partial charge in [-0.2, -0.15) is 0 Å². The highest BCUT2D eigenvalue weighted by molar-refractivity contribution is 5.97. The molecule has 32 heavy (non-hydrogen) atoms. The van der Waals surface area contributed by atoms with E-state index in [0.717, 1.165) is 43.9 Å². The first-order valence-electron chi connectivity index (χ1n) is 11.6. The van der Waals surface area contributed by atoms with Crippen molar-refractivity contribution in [2.45, 2.75) is 31.9 Å². The number of quaternary nitrogens is 1. The number of para-hydroxylation sites is 1. The van der Waals surface area contributed by atoms with Crippen molar-refractivity contribution in [2.75, 3.05) is 26.2 Å². The van der Waals surface area contributed by atoms with Crippen LogP contribution in [0, 0.1) is 0 Å². The van der Waals surface area contributed by atoms with Crippen molar-refractivity contribution in [1.29, 1.82) is 0 Å². The van der Waals surface area contributed by atoms with Gasteiger partial charge in [-0.3, -0.25) is 4.79 Å². The summed E-state index contributed by atoms with van der Waals surface area (Å²) < 4.78 is 6.16. The van der Waals surface area contributed by atoms with E-state index in [2.05, 4.69) is 80.6 Å². The van der Waals surface area contributed by atoms with E-state index in [1.165, 1.54) is 16.0 Å². The molecule has 1 saturated heterocycles. The molecule has 164 valence electrons. The van der Waals surface area contributed by atoms with Crippen LogP contribution in [-0.2, 0) is 6.42 Å². The molecule has 2 aliphatic heterocycles. The van der Waals surface area contributed by atoms with Crippen molar-refractivity contribution in [2.24, 2.45) is 0 Å². The maximum Gasteiger partial charge on any atom is 0.258 e. The monoisotopic (exact) mass is 427 g/mol. The number of rotatable bonds is 4. The van der Waals surface area contributed by atoms with Gasteiger partial charge in [0, 0.05) is 17.5 Å². The maximum absolute atomic E-state index is 13.4. The van der Waals surface area contributed by atoms with Gasteiger partial charge in [-0.1, -0.05) is 72.8 Å². The molecule has 2 heterocycles. The molecule has 1 fully saturated rings. The van der Waals surface area contributed by atoms with Crippen LogP contribution in [0.15, 0.2) is 78.9 Å². The first-order chi connectivity index (χ1) is 15.5. The smallest absolute Gasteiger partial charge is 0.258 e. The van der Waals surface area contributed by atoms with Crippen LogP contribution in [0.1, 0.15) is 46.9 Å². The molecule has 0 saturated carbocycles. The predicted octanol–water partition coefficient (Wildman–Crippen LogP) is 3.53. The standard InChI is InChI=1S/C28H30N2O2/c1-28(2)20-23-14-9-15-24(26(23)32-28)27(31)30-18-16-29(17-19-30)25(21-10-5-3-6-11-21)22-12-7-4-8-13-22/h3-15,25H,16-20H2,1-2H3/p+1. The van der Waals surface area contributed by atoms with Crippen molar-refractivity contribution in [3.63, 3.8) is 0 Å². The lowest BCUT2D eigenvalue weighted by Gasteiger charge is -2.37. The molecule has 0 bridgehead atoms. The molecule has 1 amide bonds. The molecular formula is C28H31N2O2+. The number of nitrogens with zero attached hydrogens (tertiary/aromatic N) is 1. The summed E-state index contributed by atoms with van der Waals surface area (Å²) in [5, 5.41) is 0. The van der Waals surface area contributed by atoms with Gasteiger partial charge in [-0.15, -0.1) is 0 Å². The molecule has 0 spiro atoms. The molecule has 5 rings (SSSR count). The second-order valence-electron chi connectivity index (χ2n) is 9.54. The lowest BCUT2D eigenvalue weighted by atomic mass is 9.96. The summed E-state index contributed by atoms with van der Waals surface area (Å²) in [5.41, 5.74) is 4.24. The number of hydrogen-bond acceptors (Lipinski definition) is 2. The van der Waals surface area contributed by atoms with Gasteiger partial charge in [-0.05, 0) is 25.5 Å². The molecule has 1 N–H and O–H groups in total. The second-order valence-corrected chi connectivity index (χ2v) is 9.54. The fourth-order valence-corrected chi connectivity index (χ4v) is 5.19. The third-order valence-electron chi connectivity index (χ3n) is 6.69. The highest BCUT2D eigenvalue weighted by Gasteiger charge is 2.36. The summed E-state index contributed by atoms with van der Waals surface area (Å²) in [5.74, 6) is 0.873. The van der Waals surface area contributed by atoms with Crippen molar-refractivity contribution < 1.29 is 14.4 Å². The minimum absolute atomic E-state index is 0.0922.